The third-order valence-electron chi connectivity index (χ3n) is 6.21. The molecule has 1 saturated carbocycles. The lowest BCUT2D eigenvalue weighted by Gasteiger charge is -2.32. The average Bonchev–Trinajstić information content (AvgIpc) is 2.83. The standard InChI is InChI=1S/C25H32N4O4/c1-17-7-12-22(26-15-17)29-13-14-32-24-20(5-4-6-21(24)29)25(31)27-18-8-10-19(11-9-18)33-16-23(30)28(2)3/h4-7,12,15,18-19H,8-11,13-14,16H2,1-3H3,(H,27,31)/t18-,19-. The highest BCUT2D eigenvalue weighted by Gasteiger charge is 2.28. The molecule has 1 aromatic heterocycles. The van der Waals surface area contributed by atoms with E-state index in [-0.39, 0.29) is 30.6 Å². The fourth-order valence-corrected chi connectivity index (χ4v) is 4.24. The van der Waals surface area contributed by atoms with Crippen LogP contribution in [0.15, 0.2) is 36.5 Å². The Hall–Kier alpha value is -3.13. The number of hydrogen-bond acceptors (Lipinski definition) is 6. The monoisotopic (exact) mass is 452 g/mol. The number of pyridine rings is 1. The second-order valence-corrected chi connectivity index (χ2v) is 8.89. The van der Waals surface area contributed by atoms with Crippen molar-refractivity contribution in [2.45, 2.75) is 44.8 Å². The van der Waals surface area contributed by atoms with Crippen LogP contribution in [0.25, 0.3) is 0 Å². The van der Waals surface area contributed by atoms with E-state index >= 15 is 0 Å². The van der Waals surface area contributed by atoms with Crippen molar-refractivity contribution in [1.82, 2.24) is 15.2 Å². The van der Waals surface area contributed by atoms with Gasteiger partial charge in [0.15, 0.2) is 5.75 Å². The van der Waals surface area contributed by atoms with Crippen molar-refractivity contribution in [3.8, 4) is 5.75 Å². The Labute approximate surface area is 194 Å². The predicted octanol–water partition coefficient (Wildman–Crippen LogP) is 3.07. The number of fused-ring (bicyclic) bond motifs is 1. The first-order valence-electron chi connectivity index (χ1n) is 11.5. The van der Waals surface area contributed by atoms with E-state index in [1.807, 2.05) is 43.5 Å². The Balaban J connectivity index is 1.38. The molecule has 0 saturated heterocycles. The molecule has 1 fully saturated rings. The Bertz CT molecular complexity index is 984. The third-order valence-corrected chi connectivity index (χ3v) is 6.21. The molecule has 1 aliphatic heterocycles. The summed E-state index contributed by atoms with van der Waals surface area (Å²) in [5, 5.41) is 3.17. The quantitative estimate of drug-likeness (QED) is 0.725. The number of likely N-dealkylation sites (N-methyl/N-ethyl adjacent to an activating group) is 1. The minimum atomic E-state index is -0.127. The van der Waals surface area contributed by atoms with Gasteiger partial charge in [-0.15, -0.1) is 0 Å². The summed E-state index contributed by atoms with van der Waals surface area (Å²) < 4.78 is 11.7. The molecule has 2 aliphatic rings. The maximum absolute atomic E-state index is 13.1. The number of rotatable bonds is 6. The van der Waals surface area contributed by atoms with Crippen molar-refractivity contribution >= 4 is 23.3 Å². The lowest BCUT2D eigenvalue weighted by molar-refractivity contribution is -0.136. The Morgan fingerprint density at radius 3 is 2.67 bits per heavy atom. The van der Waals surface area contributed by atoms with Crippen molar-refractivity contribution in [2.75, 3.05) is 38.8 Å². The number of nitrogens with zero attached hydrogens (tertiary/aromatic N) is 3. The number of benzene rings is 1. The molecule has 2 heterocycles. The fourth-order valence-electron chi connectivity index (χ4n) is 4.24. The minimum absolute atomic E-state index is 0.0332. The third kappa shape index (κ3) is 5.45. The SMILES string of the molecule is Cc1ccc(N2CCOc3c(C(=O)N[C@H]4CC[C@H](OCC(=O)N(C)C)CC4)cccc32)nc1. The van der Waals surface area contributed by atoms with Gasteiger partial charge in [-0.2, -0.15) is 0 Å². The van der Waals surface area contributed by atoms with E-state index in [4.69, 9.17) is 9.47 Å². The van der Waals surface area contributed by atoms with Crippen molar-refractivity contribution in [1.29, 1.82) is 0 Å². The van der Waals surface area contributed by atoms with Crippen LogP contribution in [0.5, 0.6) is 5.75 Å². The van der Waals surface area contributed by atoms with Gasteiger partial charge in [0.05, 0.1) is 23.9 Å². The van der Waals surface area contributed by atoms with Gasteiger partial charge >= 0.3 is 0 Å². The van der Waals surface area contributed by atoms with E-state index in [0.717, 1.165) is 42.8 Å². The van der Waals surface area contributed by atoms with Gasteiger partial charge in [0.25, 0.3) is 5.91 Å². The topological polar surface area (TPSA) is 84.0 Å². The second-order valence-electron chi connectivity index (χ2n) is 8.89. The molecular formula is C25H32N4O4. The van der Waals surface area contributed by atoms with E-state index in [0.29, 0.717) is 24.5 Å². The summed E-state index contributed by atoms with van der Waals surface area (Å²) in [4.78, 5) is 33.0. The average molecular weight is 453 g/mol. The van der Waals surface area contributed by atoms with Crippen molar-refractivity contribution in [3.63, 3.8) is 0 Å². The summed E-state index contributed by atoms with van der Waals surface area (Å²) in [5.74, 6) is 1.28. The summed E-state index contributed by atoms with van der Waals surface area (Å²) in [6.45, 7) is 3.28. The molecule has 4 rings (SSSR count). The number of carbonyl (C=O) groups excluding carboxylic acids is 2. The Morgan fingerprint density at radius 1 is 1.18 bits per heavy atom. The normalized spacial score (nSPS) is 19.9. The molecule has 8 nitrogen and oxygen atoms in total. The molecule has 1 N–H and O–H groups in total. The summed E-state index contributed by atoms with van der Waals surface area (Å²) in [6.07, 6.45) is 5.19. The summed E-state index contributed by atoms with van der Waals surface area (Å²) >= 11 is 0. The van der Waals surface area contributed by atoms with Crippen LogP contribution in [0.2, 0.25) is 0 Å². The number of aromatic nitrogens is 1. The van der Waals surface area contributed by atoms with E-state index < -0.39 is 0 Å². The molecule has 0 unspecified atom stereocenters. The fraction of sp³-hybridized carbons (Fsp3) is 0.480. The summed E-state index contributed by atoms with van der Waals surface area (Å²) in [6, 6.07) is 9.76. The number of anilines is 2. The molecule has 0 atom stereocenters. The lowest BCUT2D eigenvalue weighted by atomic mass is 9.92. The van der Waals surface area contributed by atoms with Gasteiger partial charge in [0.2, 0.25) is 5.91 Å². The highest BCUT2D eigenvalue weighted by molar-refractivity contribution is 5.99. The number of carbonyl (C=O) groups is 2. The van der Waals surface area contributed by atoms with Crippen LogP contribution in [-0.2, 0) is 9.53 Å². The molecule has 0 bridgehead atoms. The molecular weight excluding hydrogens is 420 g/mol. The van der Waals surface area contributed by atoms with Crippen LogP contribution in [-0.4, -0.2) is 67.7 Å². The van der Waals surface area contributed by atoms with Gasteiger partial charge in [0.1, 0.15) is 19.0 Å². The van der Waals surface area contributed by atoms with Gasteiger partial charge in [-0.3, -0.25) is 9.59 Å². The predicted molar refractivity (Wildman–Crippen MR) is 126 cm³/mol. The number of para-hydroxylation sites is 1. The van der Waals surface area contributed by atoms with Gasteiger partial charge in [-0.1, -0.05) is 12.1 Å². The summed E-state index contributed by atoms with van der Waals surface area (Å²) in [7, 11) is 3.45. The van der Waals surface area contributed by atoms with Gasteiger partial charge in [-0.25, -0.2) is 4.98 Å². The van der Waals surface area contributed by atoms with E-state index in [2.05, 4.69) is 15.2 Å². The molecule has 8 heteroatoms. The van der Waals surface area contributed by atoms with E-state index in [1.165, 1.54) is 4.90 Å². The van der Waals surface area contributed by atoms with Crippen LogP contribution in [0.1, 0.15) is 41.6 Å². The molecule has 1 aliphatic carbocycles. The van der Waals surface area contributed by atoms with Crippen LogP contribution in [0.4, 0.5) is 11.5 Å². The lowest BCUT2D eigenvalue weighted by Crippen LogP contribution is -2.40. The number of ether oxygens (including phenoxy) is 2. The number of hydrogen-bond donors (Lipinski definition) is 1. The number of aryl methyl sites for hydroxylation is 1. The first-order chi connectivity index (χ1) is 15.9. The van der Waals surface area contributed by atoms with Crippen LogP contribution < -0.4 is 15.0 Å². The van der Waals surface area contributed by atoms with Crippen LogP contribution in [0, 0.1) is 6.92 Å². The van der Waals surface area contributed by atoms with Crippen LogP contribution >= 0.6 is 0 Å². The smallest absolute Gasteiger partial charge is 0.255 e. The highest BCUT2D eigenvalue weighted by atomic mass is 16.5. The zero-order valence-electron chi connectivity index (χ0n) is 19.5. The van der Waals surface area contributed by atoms with E-state index in [9.17, 15) is 9.59 Å². The number of amides is 2. The Morgan fingerprint density at radius 2 is 1.97 bits per heavy atom. The molecule has 2 aromatic rings. The first kappa shape index (κ1) is 23.0. The molecule has 176 valence electrons. The van der Waals surface area contributed by atoms with Gasteiger partial charge < -0.3 is 24.6 Å². The zero-order chi connectivity index (χ0) is 23.4. The molecule has 1 aromatic carbocycles. The number of nitrogens with one attached hydrogen (secondary N) is 1. The zero-order valence-corrected chi connectivity index (χ0v) is 19.5. The van der Waals surface area contributed by atoms with Crippen molar-refractivity contribution < 1.29 is 19.1 Å². The molecule has 0 radical (unpaired) electrons. The first-order valence-corrected chi connectivity index (χ1v) is 11.5. The van der Waals surface area contributed by atoms with Crippen LogP contribution in [0.3, 0.4) is 0 Å². The van der Waals surface area contributed by atoms with Gasteiger partial charge in [-0.05, 0) is 56.4 Å². The molecule has 2 amide bonds. The minimum Gasteiger partial charge on any atom is -0.489 e. The van der Waals surface area contributed by atoms with Crippen molar-refractivity contribution in [3.05, 3.63) is 47.7 Å². The highest BCUT2D eigenvalue weighted by Crippen LogP contribution is 2.38. The maximum atomic E-state index is 13.1. The molecule has 33 heavy (non-hydrogen) atoms. The van der Waals surface area contributed by atoms with E-state index in [1.54, 1.807) is 14.1 Å². The Kier molecular flexibility index (Phi) is 7.13. The van der Waals surface area contributed by atoms with Gasteiger partial charge in [0, 0.05) is 26.3 Å². The largest absolute Gasteiger partial charge is 0.489 e. The second kappa shape index (κ2) is 10.2. The maximum Gasteiger partial charge on any atom is 0.255 e. The molecule has 0 spiro atoms. The summed E-state index contributed by atoms with van der Waals surface area (Å²) in [5.41, 5.74) is 2.50. The van der Waals surface area contributed by atoms with Crippen molar-refractivity contribution in [2.24, 2.45) is 0 Å².